The number of nitrogens with one attached hydrogen (secondary N) is 1. The van der Waals surface area contributed by atoms with Crippen LogP contribution in [0.25, 0.3) is 11.4 Å². The van der Waals surface area contributed by atoms with Gasteiger partial charge in [-0.1, -0.05) is 0 Å². The number of hydrogen-bond donors (Lipinski definition) is 3. The molecule has 0 aliphatic rings. The van der Waals surface area contributed by atoms with Crippen LogP contribution in [-0.4, -0.2) is 26.8 Å². The van der Waals surface area contributed by atoms with Crippen LogP contribution in [0.5, 0.6) is 11.5 Å². The van der Waals surface area contributed by atoms with Gasteiger partial charge in [-0.05, 0) is 25.1 Å². The Morgan fingerprint density at radius 2 is 2.24 bits per heavy atom. The van der Waals surface area contributed by atoms with Crippen LogP contribution in [-0.2, 0) is 6.61 Å². The summed E-state index contributed by atoms with van der Waals surface area (Å²) in [4.78, 5) is 7.11. The van der Waals surface area contributed by atoms with E-state index in [0.29, 0.717) is 23.9 Å². The third-order valence-corrected chi connectivity index (χ3v) is 2.33. The molecule has 0 atom stereocenters. The van der Waals surface area contributed by atoms with Gasteiger partial charge in [0.25, 0.3) is 0 Å². The second-order valence-electron chi connectivity index (χ2n) is 3.53. The molecule has 1 heterocycles. The minimum atomic E-state index is -0.0800. The molecule has 5 nitrogen and oxygen atoms in total. The van der Waals surface area contributed by atoms with Gasteiger partial charge in [-0.15, -0.1) is 0 Å². The Morgan fingerprint density at radius 1 is 1.41 bits per heavy atom. The van der Waals surface area contributed by atoms with E-state index in [2.05, 4.69) is 9.97 Å². The normalized spacial score (nSPS) is 10.5. The van der Waals surface area contributed by atoms with E-state index < -0.39 is 0 Å². The monoisotopic (exact) mass is 234 g/mol. The van der Waals surface area contributed by atoms with Crippen LogP contribution in [0.1, 0.15) is 12.6 Å². The van der Waals surface area contributed by atoms with E-state index in [1.165, 1.54) is 0 Å². The quantitative estimate of drug-likeness (QED) is 0.752. The van der Waals surface area contributed by atoms with Gasteiger partial charge >= 0.3 is 0 Å². The highest BCUT2D eigenvalue weighted by molar-refractivity contribution is 5.61. The van der Waals surface area contributed by atoms with E-state index in [-0.39, 0.29) is 12.4 Å². The topological polar surface area (TPSA) is 78.4 Å². The van der Waals surface area contributed by atoms with Crippen molar-refractivity contribution in [1.29, 1.82) is 0 Å². The summed E-state index contributed by atoms with van der Waals surface area (Å²) in [6.45, 7) is 2.25. The number of hydrogen-bond acceptors (Lipinski definition) is 4. The number of nitrogens with zero attached hydrogens (tertiary/aromatic N) is 1. The zero-order valence-corrected chi connectivity index (χ0v) is 9.47. The van der Waals surface area contributed by atoms with Crippen LogP contribution >= 0.6 is 0 Å². The first-order chi connectivity index (χ1) is 8.24. The van der Waals surface area contributed by atoms with Gasteiger partial charge in [0.1, 0.15) is 5.82 Å². The average molecular weight is 234 g/mol. The van der Waals surface area contributed by atoms with E-state index in [0.717, 1.165) is 5.56 Å². The number of imidazole rings is 1. The van der Waals surface area contributed by atoms with Crippen LogP contribution in [0, 0.1) is 0 Å². The summed E-state index contributed by atoms with van der Waals surface area (Å²) in [7, 11) is 0. The summed E-state index contributed by atoms with van der Waals surface area (Å²) in [6.07, 6.45) is 1.57. The predicted molar refractivity (Wildman–Crippen MR) is 62.8 cm³/mol. The average Bonchev–Trinajstić information content (AvgIpc) is 2.81. The maximum absolute atomic E-state index is 9.57. The van der Waals surface area contributed by atoms with Crippen molar-refractivity contribution in [2.24, 2.45) is 0 Å². The number of ether oxygens (including phenoxy) is 1. The Bertz CT molecular complexity index is 508. The highest BCUT2D eigenvalue weighted by Gasteiger charge is 2.07. The number of aromatic amines is 1. The van der Waals surface area contributed by atoms with Crippen molar-refractivity contribution >= 4 is 0 Å². The van der Waals surface area contributed by atoms with Crippen molar-refractivity contribution in [2.75, 3.05) is 6.61 Å². The summed E-state index contributed by atoms with van der Waals surface area (Å²) in [5, 5.41) is 18.5. The first-order valence-corrected chi connectivity index (χ1v) is 5.35. The SMILES string of the molecule is CCOc1cc(-c2ncc(CO)[nH]2)ccc1O. The van der Waals surface area contributed by atoms with Gasteiger partial charge in [-0.2, -0.15) is 0 Å². The van der Waals surface area contributed by atoms with Crippen molar-refractivity contribution in [3.05, 3.63) is 30.1 Å². The molecule has 3 N–H and O–H groups in total. The van der Waals surface area contributed by atoms with Gasteiger partial charge < -0.3 is 19.9 Å². The summed E-state index contributed by atoms with van der Waals surface area (Å²) in [5.41, 5.74) is 1.44. The van der Waals surface area contributed by atoms with Crippen molar-refractivity contribution in [1.82, 2.24) is 9.97 Å². The molecule has 0 unspecified atom stereocenters. The summed E-state index contributed by atoms with van der Waals surface area (Å²) >= 11 is 0. The number of aromatic hydroxyl groups is 1. The van der Waals surface area contributed by atoms with Gasteiger partial charge in [-0.3, -0.25) is 0 Å². The zero-order valence-electron chi connectivity index (χ0n) is 9.47. The molecule has 0 amide bonds. The fourth-order valence-corrected chi connectivity index (χ4v) is 1.52. The van der Waals surface area contributed by atoms with Crippen molar-refractivity contribution in [2.45, 2.75) is 13.5 Å². The molecule has 0 saturated carbocycles. The number of phenolic OH excluding ortho intramolecular Hbond substituents is 1. The highest BCUT2D eigenvalue weighted by atomic mass is 16.5. The Hall–Kier alpha value is -2.01. The molecule has 0 aliphatic carbocycles. The molecule has 0 spiro atoms. The van der Waals surface area contributed by atoms with Gasteiger partial charge in [0.2, 0.25) is 0 Å². The van der Waals surface area contributed by atoms with E-state index in [1.807, 2.05) is 6.92 Å². The van der Waals surface area contributed by atoms with Crippen LogP contribution < -0.4 is 4.74 Å². The standard InChI is InChI=1S/C12H14N2O3/c1-2-17-11-5-8(3-4-10(11)16)12-13-6-9(7-15)14-12/h3-6,15-16H,2,7H2,1H3,(H,13,14). The minimum absolute atomic E-state index is 0.0800. The van der Waals surface area contributed by atoms with Gasteiger partial charge in [0, 0.05) is 5.56 Å². The molecule has 1 aromatic heterocycles. The largest absolute Gasteiger partial charge is 0.504 e. The van der Waals surface area contributed by atoms with Crippen LogP contribution in [0.4, 0.5) is 0 Å². The Kier molecular flexibility index (Phi) is 3.30. The van der Waals surface area contributed by atoms with E-state index in [9.17, 15) is 5.11 Å². The number of benzene rings is 1. The molecule has 0 radical (unpaired) electrons. The molecule has 0 aliphatic heterocycles. The molecular weight excluding hydrogens is 220 g/mol. The number of phenols is 1. The fraction of sp³-hybridized carbons (Fsp3) is 0.250. The van der Waals surface area contributed by atoms with Gasteiger partial charge in [0.05, 0.1) is 25.1 Å². The highest BCUT2D eigenvalue weighted by Crippen LogP contribution is 2.30. The first kappa shape index (κ1) is 11.5. The Labute approximate surface area is 98.7 Å². The van der Waals surface area contributed by atoms with E-state index in [1.54, 1.807) is 24.4 Å². The third-order valence-electron chi connectivity index (χ3n) is 2.33. The number of aromatic nitrogens is 2. The van der Waals surface area contributed by atoms with Crippen LogP contribution in [0.15, 0.2) is 24.4 Å². The lowest BCUT2D eigenvalue weighted by molar-refractivity contribution is 0.277. The summed E-state index contributed by atoms with van der Waals surface area (Å²) in [5.74, 6) is 1.16. The molecule has 1 aromatic carbocycles. The van der Waals surface area contributed by atoms with Crippen LogP contribution in [0.3, 0.4) is 0 Å². The lowest BCUT2D eigenvalue weighted by Crippen LogP contribution is -1.92. The van der Waals surface area contributed by atoms with Gasteiger partial charge in [0.15, 0.2) is 11.5 Å². The van der Waals surface area contributed by atoms with E-state index in [4.69, 9.17) is 9.84 Å². The molecule has 2 rings (SSSR count). The van der Waals surface area contributed by atoms with Crippen molar-refractivity contribution in [3.63, 3.8) is 0 Å². The molecule has 17 heavy (non-hydrogen) atoms. The minimum Gasteiger partial charge on any atom is -0.504 e. The third kappa shape index (κ3) is 2.39. The second-order valence-corrected chi connectivity index (χ2v) is 3.53. The summed E-state index contributed by atoms with van der Waals surface area (Å²) in [6, 6.07) is 5.00. The van der Waals surface area contributed by atoms with E-state index >= 15 is 0 Å². The molecule has 0 saturated heterocycles. The predicted octanol–water partition coefficient (Wildman–Crippen LogP) is 1.67. The molecule has 5 heteroatoms. The first-order valence-electron chi connectivity index (χ1n) is 5.35. The maximum atomic E-state index is 9.57. The lowest BCUT2D eigenvalue weighted by atomic mass is 10.2. The molecular formula is C12H14N2O3. The van der Waals surface area contributed by atoms with Crippen molar-refractivity contribution < 1.29 is 14.9 Å². The Morgan fingerprint density at radius 3 is 2.88 bits per heavy atom. The molecule has 0 fully saturated rings. The molecule has 90 valence electrons. The van der Waals surface area contributed by atoms with Gasteiger partial charge in [-0.25, -0.2) is 4.98 Å². The van der Waals surface area contributed by atoms with Crippen molar-refractivity contribution in [3.8, 4) is 22.9 Å². The lowest BCUT2D eigenvalue weighted by Gasteiger charge is -2.06. The number of rotatable bonds is 4. The number of H-pyrrole nitrogens is 1. The Balaban J connectivity index is 2.35. The number of aliphatic hydroxyl groups is 1. The smallest absolute Gasteiger partial charge is 0.161 e. The summed E-state index contributed by atoms with van der Waals surface area (Å²) < 4.78 is 5.29. The second kappa shape index (κ2) is 4.88. The number of aliphatic hydroxyl groups excluding tert-OH is 1. The molecule has 0 bridgehead atoms. The maximum Gasteiger partial charge on any atom is 0.161 e. The zero-order chi connectivity index (χ0) is 12.3. The fourth-order valence-electron chi connectivity index (χ4n) is 1.52. The molecule has 2 aromatic rings. The van der Waals surface area contributed by atoms with Crippen LogP contribution in [0.2, 0.25) is 0 Å².